The molecule has 0 saturated carbocycles. The van der Waals surface area contributed by atoms with Gasteiger partial charge in [0.15, 0.2) is 5.69 Å². The minimum atomic E-state index is -0.479. The molecule has 2 atom stereocenters. The number of anilines is 1. The lowest BCUT2D eigenvalue weighted by Crippen LogP contribution is -2.39. The number of carbonyl (C=O) groups is 3. The Hall–Kier alpha value is -2.98. The zero-order valence-corrected chi connectivity index (χ0v) is 20.0. The molecule has 3 rings (SSSR count). The van der Waals surface area contributed by atoms with Crippen LogP contribution in [-0.2, 0) is 9.53 Å². The van der Waals surface area contributed by atoms with Gasteiger partial charge in [0.25, 0.3) is 11.8 Å². The molecule has 3 N–H and O–H groups in total. The van der Waals surface area contributed by atoms with E-state index in [1.807, 2.05) is 0 Å². The van der Waals surface area contributed by atoms with Crippen LogP contribution in [0.3, 0.4) is 0 Å². The fraction of sp³-hybridized carbons (Fsp3) is 0.478. The summed E-state index contributed by atoms with van der Waals surface area (Å²) in [6.45, 7) is 2.56. The number of nitrogens with one attached hydrogen (secondary N) is 3. The number of halogens is 2. The van der Waals surface area contributed by atoms with Gasteiger partial charge in [0.1, 0.15) is 11.5 Å². The van der Waals surface area contributed by atoms with E-state index in [1.165, 1.54) is 31.6 Å². The van der Waals surface area contributed by atoms with Crippen LogP contribution >= 0.6 is 11.6 Å². The van der Waals surface area contributed by atoms with Crippen molar-refractivity contribution in [1.82, 2.24) is 20.6 Å². The summed E-state index contributed by atoms with van der Waals surface area (Å²) in [5.41, 5.74) is 0.538. The predicted octanol–water partition coefficient (Wildman–Crippen LogP) is 3.06. The van der Waals surface area contributed by atoms with Crippen molar-refractivity contribution in [3.05, 3.63) is 46.8 Å². The number of aromatic amines is 1. The largest absolute Gasteiger partial charge is 0.383 e. The summed E-state index contributed by atoms with van der Waals surface area (Å²) in [4.78, 5) is 46.6. The third-order valence-electron chi connectivity index (χ3n) is 5.60. The first-order valence-electron chi connectivity index (χ1n) is 11.2. The first kappa shape index (κ1) is 25.6. The third-order valence-corrected chi connectivity index (χ3v) is 5.91. The van der Waals surface area contributed by atoms with Crippen molar-refractivity contribution < 1.29 is 23.5 Å². The van der Waals surface area contributed by atoms with E-state index < -0.39 is 17.6 Å². The molecule has 1 saturated heterocycles. The van der Waals surface area contributed by atoms with E-state index in [2.05, 4.69) is 20.6 Å². The second kappa shape index (κ2) is 11.9. The Kier molecular flexibility index (Phi) is 9.00. The Morgan fingerprint density at radius 3 is 2.85 bits per heavy atom. The summed E-state index contributed by atoms with van der Waals surface area (Å²) in [6.07, 6.45) is 4.02. The van der Waals surface area contributed by atoms with Gasteiger partial charge >= 0.3 is 0 Å². The molecule has 34 heavy (non-hydrogen) atoms. The molecule has 11 heteroatoms. The van der Waals surface area contributed by atoms with Crippen molar-refractivity contribution in [3.63, 3.8) is 0 Å². The molecule has 0 bridgehead atoms. The van der Waals surface area contributed by atoms with Crippen LogP contribution in [0, 0.1) is 5.82 Å². The molecular formula is C23H29ClFN5O4. The second-order valence-corrected chi connectivity index (χ2v) is 8.71. The van der Waals surface area contributed by atoms with E-state index in [4.69, 9.17) is 16.3 Å². The summed E-state index contributed by atoms with van der Waals surface area (Å²) < 4.78 is 18.4. The van der Waals surface area contributed by atoms with Gasteiger partial charge in [0.2, 0.25) is 5.91 Å². The van der Waals surface area contributed by atoms with Gasteiger partial charge in [-0.3, -0.25) is 14.4 Å². The first-order valence-corrected chi connectivity index (χ1v) is 11.6. The van der Waals surface area contributed by atoms with Gasteiger partial charge in [-0.05, 0) is 50.8 Å². The van der Waals surface area contributed by atoms with Crippen LogP contribution in [0.1, 0.15) is 60.0 Å². The zero-order chi connectivity index (χ0) is 24.7. The molecule has 1 unspecified atom stereocenters. The van der Waals surface area contributed by atoms with Crippen molar-refractivity contribution >= 4 is 35.0 Å². The van der Waals surface area contributed by atoms with Gasteiger partial charge in [-0.1, -0.05) is 11.6 Å². The van der Waals surface area contributed by atoms with Gasteiger partial charge in [0, 0.05) is 32.2 Å². The van der Waals surface area contributed by atoms with Crippen molar-refractivity contribution in [3.8, 4) is 0 Å². The molecule has 0 radical (unpaired) electrons. The molecule has 2 heterocycles. The summed E-state index contributed by atoms with van der Waals surface area (Å²) in [5, 5.41) is 5.84. The van der Waals surface area contributed by atoms with Crippen LogP contribution in [0.15, 0.2) is 24.5 Å². The molecule has 1 aliphatic rings. The minimum absolute atomic E-state index is 0.00303. The maximum Gasteiger partial charge on any atom is 0.272 e. The Morgan fingerprint density at radius 1 is 1.32 bits per heavy atom. The number of amides is 3. The molecule has 0 aliphatic carbocycles. The van der Waals surface area contributed by atoms with E-state index in [-0.39, 0.29) is 40.8 Å². The number of H-pyrrole nitrogens is 1. The van der Waals surface area contributed by atoms with Crippen LogP contribution in [0.5, 0.6) is 0 Å². The van der Waals surface area contributed by atoms with Crippen molar-refractivity contribution in [2.45, 2.75) is 51.1 Å². The molecule has 1 aromatic carbocycles. The van der Waals surface area contributed by atoms with Gasteiger partial charge in [-0.2, -0.15) is 0 Å². The number of methoxy groups -OCH3 is 1. The fourth-order valence-corrected chi connectivity index (χ4v) is 4.21. The monoisotopic (exact) mass is 493 g/mol. The lowest BCUT2D eigenvalue weighted by atomic mass is 10.0. The van der Waals surface area contributed by atoms with Crippen LogP contribution < -0.4 is 15.5 Å². The Morgan fingerprint density at radius 2 is 2.12 bits per heavy atom. The molecule has 184 valence electrons. The van der Waals surface area contributed by atoms with Gasteiger partial charge in [-0.25, -0.2) is 9.37 Å². The average molecular weight is 494 g/mol. The predicted molar refractivity (Wildman–Crippen MR) is 125 cm³/mol. The Labute approximate surface area is 202 Å². The van der Waals surface area contributed by atoms with Crippen LogP contribution in [0.2, 0.25) is 5.02 Å². The van der Waals surface area contributed by atoms with Gasteiger partial charge in [0.05, 0.1) is 23.6 Å². The van der Waals surface area contributed by atoms with Crippen LogP contribution in [0.4, 0.5) is 10.1 Å². The van der Waals surface area contributed by atoms with E-state index in [9.17, 15) is 18.8 Å². The summed E-state index contributed by atoms with van der Waals surface area (Å²) in [5.74, 6) is -1.55. The zero-order valence-electron chi connectivity index (χ0n) is 19.2. The number of rotatable bonds is 7. The number of carbonyl (C=O) groups excluding carboxylic acids is 3. The number of benzene rings is 1. The molecule has 1 aliphatic heterocycles. The first-order chi connectivity index (χ1) is 16.3. The van der Waals surface area contributed by atoms with Crippen LogP contribution in [-0.4, -0.2) is 60.0 Å². The highest BCUT2D eigenvalue weighted by atomic mass is 35.5. The highest BCUT2D eigenvalue weighted by molar-refractivity contribution is 6.33. The summed E-state index contributed by atoms with van der Waals surface area (Å²) in [7, 11) is 1.53. The van der Waals surface area contributed by atoms with E-state index >= 15 is 0 Å². The summed E-state index contributed by atoms with van der Waals surface area (Å²) >= 11 is 6.17. The minimum Gasteiger partial charge on any atom is -0.383 e. The number of ether oxygens (including phenoxy) is 1. The lowest BCUT2D eigenvalue weighted by molar-refractivity contribution is -0.118. The number of aromatic nitrogens is 2. The second-order valence-electron chi connectivity index (χ2n) is 8.30. The normalized spacial score (nSPS) is 17.9. The molecule has 1 aromatic heterocycles. The standard InChI is InChI=1S/C23H29ClFN5O4/c1-14(12-34-2)28-22(32)20-21(27-13-26-20)23(33)29-16-5-3-4-10-30(19(31)9-7-16)18-8-6-15(25)11-17(18)24/h6,8,11,13-14,16H,3-5,7,9-10,12H2,1-2H3,(H,26,27)(H,28,32)(H,29,33)/t14?,16-/m1/s1. The SMILES string of the molecule is COCC(C)NC(=O)c1nc[nH]c1C(=O)N[C@@H]1CCCCN(c2ccc(F)cc2Cl)C(=O)CC1. The molecular weight excluding hydrogens is 465 g/mol. The van der Waals surface area contributed by atoms with Gasteiger partial charge < -0.3 is 25.3 Å². The third kappa shape index (κ3) is 6.54. The van der Waals surface area contributed by atoms with Crippen molar-refractivity contribution in [2.24, 2.45) is 0 Å². The van der Waals surface area contributed by atoms with Crippen molar-refractivity contribution in [2.75, 3.05) is 25.2 Å². The quantitative estimate of drug-likeness (QED) is 0.548. The maximum atomic E-state index is 13.4. The Bertz CT molecular complexity index is 1030. The van der Waals surface area contributed by atoms with E-state index in [0.717, 1.165) is 6.42 Å². The van der Waals surface area contributed by atoms with E-state index in [1.54, 1.807) is 11.8 Å². The Balaban J connectivity index is 1.64. The molecule has 2 aromatic rings. The van der Waals surface area contributed by atoms with Gasteiger partial charge in [-0.15, -0.1) is 0 Å². The number of hydrogen-bond acceptors (Lipinski definition) is 5. The van der Waals surface area contributed by atoms with Crippen LogP contribution in [0.25, 0.3) is 0 Å². The number of hydrogen-bond donors (Lipinski definition) is 3. The summed E-state index contributed by atoms with van der Waals surface area (Å²) in [6, 6.07) is 3.46. The van der Waals surface area contributed by atoms with Crippen molar-refractivity contribution in [1.29, 1.82) is 0 Å². The van der Waals surface area contributed by atoms with E-state index in [0.29, 0.717) is 38.1 Å². The number of imidazole rings is 1. The number of nitrogens with zero attached hydrogens (tertiary/aromatic N) is 2. The molecule has 9 nitrogen and oxygen atoms in total. The maximum absolute atomic E-state index is 13.4. The molecule has 0 spiro atoms. The fourth-order valence-electron chi connectivity index (χ4n) is 3.94. The average Bonchev–Trinajstić information content (AvgIpc) is 3.30. The molecule has 1 fully saturated rings. The topological polar surface area (TPSA) is 116 Å². The molecule has 3 amide bonds. The smallest absolute Gasteiger partial charge is 0.272 e. The lowest BCUT2D eigenvalue weighted by Gasteiger charge is -2.23. The highest BCUT2D eigenvalue weighted by Gasteiger charge is 2.26. The highest BCUT2D eigenvalue weighted by Crippen LogP contribution is 2.28.